The zero-order valence-electron chi connectivity index (χ0n) is 9.57. The summed E-state index contributed by atoms with van der Waals surface area (Å²) in [6.45, 7) is 1.78. The summed E-state index contributed by atoms with van der Waals surface area (Å²) in [7, 11) is 0. The lowest BCUT2D eigenvalue weighted by Crippen LogP contribution is -2.13. The summed E-state index contributed by atoms with van der Waals surface area (Å²) in [5.74, 6) is 0.148. The van der Waals surface area contributed by atoms with E-state index < -0.39 is 11.7 Å². The molecule has 1 aromatic heterocycles. The van der Waals surface area contributed by atoms with E-state index in [9.17, 15) is 13.2 Å². The maximum atomic E-state index is 12.9. The van der Waals surface area contributed by atoms with Gasteiger partial charge in [0.15, 0.2) is 5.82 Å². The molecule has 0 spiro atoms. The summed E-state index contributed by atoms with van der Waals surface area (Å²) in [6.07, 6.45) is -3.99. The van der Waals surface area contributed by atoms with Gasteiger partial charge in [-0.05, 0) is 18.6 Å². The van der Waals surface area contributed by atoms with Gasteiger partial charge >= 0.3 is 6.18 Å². The Labute approximate surface area is 101 Å². The summed E-state index contributed by atoms with van der Waals surface area (Å²) in [5, 5.41) is 7.28. The second-order valence-corrected chi connectivity index (χ2v) is 3.70. The first-order valence-corrected chi connectivity index (χ1v) is 5.31. The van der Waals surface area contributed by atoms with E-state index in [1.165, 1.54) is 18.2 Å². The van der Waals surface area contributed by atoms with E-state index in [0.717, 1.165) is 10.7 Å². The van der Waals surface area contributed by atoms with Crippen molar-refractivity contribution in [2.24, 2.45) is 0 Å². The topological polar surface area (TPSA) is 56.7 Å². The smallest absolute Gasteiger partial charge is 0.381 e. The van der Waals surface area contributed by atoms with Crippen molar-refractivity contribution in [3.63, 3.8) is 0 Å². The summed E-state index contributed by atoms with van der Waals surface area (Å²) in [5.41, 5.74) is 5.21. The van der Waals surface area contributed by atoms with Crippen LogP contribution in [0.15, 0.2) is 24.3 Å². The van der Waals surface area contributed by atoms with Crippen LogP contribution in [0.5, 0.6) is 0 Å². The zero-order chi connectivity index (χ0) is 13.3. The number of aromatic nitrogens is 3. The largest absolute Gasteiger partial charge is 0.418 e. The molecular formula is C11H11F3N4. The molecule has 96 valence electrons. The molecule has 0 atom stereocenters. The Balaban J connectivity index is 2.64. The summed E-state index contributed by atoms with van der Waals surface area (Å²) >= 11 is 0. The van der Waals surface area contributed by atoms with Crippen LogP contribution in [-0.4, -0.2) is 15.0 Å². The van der Waals surface area contributed by atoms with E-state index in [0.29, 0.717) is 12.1 Å². The van der Waals surface area contributed by atoms with E-state index in [1.807, 2.05) is 0 Å². The van der Waals surface area contributed by atoms with Crippen LogP contribution in [-0.2, 0) is 12.6 Å². The molecule has 1 heterocycles. The fourth-order valence-corrected chi connectivity index (χ4v) is 1.74. The molecule has 0 saturated carbocycles. The fraction of sp³-hybridized carbons (Fsp3) is 0.273. The van der Waals surface area contributed by atoms with Crippen LogP contribution in [0.3, 0.4) is 0 Å². The van der Waals surface area contributed by atoms with Crippen molar-refractivity contribution in [3.05, 3.63) is 35.5 Å². The Morgan fingerprint density at radius 3 is 2.56 bits per heavy atom. The quantitative estimate of drug-likeness (QED) is 0.897. The molecule has 0 saturated heterocycles. The van der Waals surface area contributed by atoms with Crippen molar-refractivity contribution in [1.29, 1.82) is 0 Å². The molecule has 4 nitrogen and oxygen atoms in total. The van der Waals surface area contributed by atoms with Crippen molar-refractivity contribution >= 4 is 5.82 Å². The Hall–Kier alpha value is -2.05. The number of hydrogen-bond acceptors (Lipinski definition) is 3. The van der Waals surface area contributed by atoms with Gasteiger partial charge in [0.05, 0.1) is 16.9 Å². The molecule has 0 aliphatic heterocycles. The monoisotopic (exact) mass is 256 g/mol. The van der Waals surface area contributed by atoms with Gasteiger partial charge in [-0.15, -0.1) is 5.10 Å². The molecule has 2 N–H and O–H groups in total. The fourth-order valence-electron chi connectivity index (χ4n) is 1.74. The molecule has 1 aromatic carbocycles. The lowest BCUT2D eigenvalue weighted by molar-refractivity contribution is -0.137. The number of alkyl halides is 3. The van der Waals surface area contributed by atoms with E-state index in [4.69, 9.17) is 5.73 Å². The first kappa shape index (κ1) is 12.4. The van der Waals surface area contributed by atoms with Gasteiger partial charge in [0, 0.05) is 0 Å². The number of nitrogen functional groups attached to an aromatic ring is 1. The molecule has 0 amide bonds. The first-order valence-electron chi connectivity index (χ1n) is 5.31. The second-order valence-electron chi connectivity index (χ2n) is 3.70. The van der Waals surface area contributed by atoms with Gasteiger partial charge in [-0.1, -0.05) is 24.3 Å². The standard InChI is InChI=1S/C11H11F3N4/c1-2-8-10(15)16-17-18(8)9-6-4-3-5-7(9)11(12,13)14/h3-6H,2,15H2,1H3. The van der Waals surface area contributed by atoms with Gasteiger partial charge in [-0.25, -0.2) is 4.68 Å². The van der Waals surface area contributed by atoms with Crippen LogP contribution in [0.4, 0.5) is 19.0 Å². The molecule has 0 aliphatic carbocycles. The van der Waals surface area contributed by atoms with Crippen molar-refractivity contribution in [3.8, 4) is 5.69 Å². The Kier molecular flexibility index (Phi) is 2.98. The molecule has 2 aromatic rings. The Bertz CT molecular complexity index is 560. The minimum absolute atomic E-state index is 0.0638. The highest BCUT2D eigenvalue weighted by atomic mass is 19.4. The molecule has 0 radical (unpaired) electrons. The van der Waals surface area contributed by atoms with E-state index in [2.05, 4.69) is 10.3 Å². The molecule has 0 unspecified atom stereocenters. The molecule has 0 fully saturated rings. The van der Waals surface area contributed by atoms with Crippen LogP contribution in [0.1, 0.15) is 18.2 Å². The number of halogens is 3. The van der Waals surface area contributed by atoms with Crippen molar-refractivity contribution < 1.29 is 13.2 Å². The number of benzene rings is 1. The number of hydrogen-bond donors (Lipinski definition) is 1. The number of nitrogens with zero attached hydrogens (tertiary/aromatic N) is 3. The maximum absolute atomic E-state index is 12.9. The zero-order valence-corrected chi connectivity index (χ0v) is 9.57. The number of anilines is 1. The van der Waals surface area contributed by atoms with Crippen molar-refractivity contribution in [1.82, 2.24) is 15.0 Å². The van der Waals surface area contributed by atoms with E-state index in [-0.39, 0.29) is 11.5 Å². The van der Waals surface area contributed by atoms with Crippen LogP contribution in [0, 0.1) is 0 Å². The molecule has 2 rings (SSSR count). The third-order valence-corrected chi connectivity index (χ3v) is 2.57. The predicted octanol–water partition coefficient (Wildman–Crippen LogP) is 2.43. The van der Waals surface area contributed by atoms with Gasteiger partial charge in [0.2, 0.25) is 0 Å². The van der Waals surface area contributed by atoms with Crippen LogP contribution >= 0.6 is 0 Å². The van der Waals surface area contributed by atoms with Crippen LogP contribution in [0.2, 0.25) is 0 Å². The minimum atomic E-state index is -4.44. The highest BCUT2D eigenvalue weighted by Gasteiger charge is 2.34. The van der Waals surface area contributed by atoms with Crippen LogP contribution < -0.4 is 5.73 Å². The Morgan fingerprint density at radius 2 is 1.94 bits per heavy atom. The minimum Gasteiger partial charge on any atom is -0.381 e. The first-order chi connectivity index (χ1) is 8.45. The summed E-state index contributed by atoms with van der Waals surface area (Å²) < 4.78 is 39.8. The van der Waals surface area contributed by atoms with Gasteiger partial charge in [-0.2, -0.15) is 13.2 Å². The van der Waals surface area contributed by atoms with Gasteiger partial charge in [0.25, 0.3) is 0 Å². The highest BCUT2D eigenvalue weighted by molar-refractivity contribution is 5.46. The maximum Gasteiger partial charge on any atom is 0.418 e. The number of para-hydroxylation sites is 1. The van der Waals surface area contributed by atoms with Gasteiger partial charge < -0.3 is 5.73 Å². The van der Waals surface area contributed by atoms with Crippen molar-refractivity contribution in [2.75, 3.05) is 5.73 Å². The average Bonchev–Trinajstić information content (AvgIpc) is 2.69. The number of rotatable bonds is 2. The average molecular weight is 256 g/mol. The summed E-state index contributed by atoms with van der Waals surface area (Å²) in [6, 6.07) is 5.20. The lowest BCUT2D eigenvalue weighted by atomic mass is 10.1. The molecule has 7 heteroatoms. The molecule has 0 bridgehead atoms. The van der Waals surface area contributed by atoms with Crippen molar-refractivity contribution in [2.45, 2.75) is 19.5 Å². The third-order valence-electron chi connectivity index (χ3n) is 2.57. The molecule has 18 heavy (non-hydrogen) atoms. The van der Waals surface area contributed by atoms with Gasteiger partial charge in [-0.3, -0.25) is 0 Å². The Morgan fingerprint density at radius 1 is 1.28 bits per heavy atom. The highest BCUT2D eigenvalue weighted by Crippen LogP contribution is 2.34. The van der Waals surface area contributed by atoms with Gasteiger partial charge in [0.1, 0.15) is 0 Å². The SMILES string of the molecule is CCc1c(N)nnn1-c1ccccc1C(F)(F)F. The molecule has 0 aliphatic rings. The summed E-state index contributed by atoms with van der Waals surface area (Å²) in [4.78, 5) is 0. The third kappa shape index (κ3) is 2.03. The van der Waals surface area contributed by atoms with E-state index >= 15 is 0 Å². The molecular weight excluding hydrogens is 245 g/mol. The second kappa shape index (κ2) is 4.32. The normalized spacial score (nSPS) is 11.8. The number of nitrogens with two attached hydrogens (primary N) is 1. The van der Waals surface area contributed by atoms with Crippen LogP contribution in [0.25, 0.3) is 5.69 Å². The van der Waals surface area contributed by atoms with E-state index in [1.54, 1.807) is 6.92 Å². The predicted molar refractivity (Wildman–Crippen MR) is 60.2 cm³/mol. The lowest BCUT2D eigenvalue weighted by Gasteiger charge is -2.13.